The Morgan fingerprint density at radius 1 is 0.500 bits per heavy atom. The van der Waals surface area contributed by atoms with Crippen LogP contribution in [0.2, 0.25) is 0 Å². The summed E-state index contributed by atoms with van der Waals surface area (Å²) in [7, 11) is -3.38. The predicted molar refractivity (Wildman–Crippen MR) is 196 cm³/mol. The number of rotatable bonds is 36. The van der Waals surface area contributed by atoms with Crippen LogP contribution in [0.15, 0.2) is 0 Å². The van der Waals surface area contributed by atoms with Gasteiger partial charge in [0.1, 0.15) is 0 Å². The summed E-state index contributed by atoms with van der Waals surface area (Å²) < 4.78 is 27.0. The maximum atomic E-state index is 14.3. The van der Waals surface area contributed by atoms with Crippen molar-refractivity contribution in [1.82, 2.24) is 9.99 Å². The Labute approximate surface area is 277 Å². The van der Waals surface area contributed by atoms with E-state index >= 15 is 0 Å². The quantitative estimate of drug-likeness (QED) is 0.0543. The van der Waals surface area contributed by atoms with Gasteiger partial charge in [-0.05, 0) is 50.6 Å². The monoisotopic (exact) mass is 645 g/mol. The van der Waals surface area contributed by atoms with Gasteiger partial charge >= 0.3 is 7.75 Å². The minimum atomic E-state index is -3.38. The molecule has 0 heterocycles. The molecule has 5 nitrogen and oxygen atoms in total. The van der Waals surface area contributed by atoms with Crippen molar-refractivity contribution in [2.45, 2.75) is 196 Å². The van der Waals surface area contributed by atoms with Gasteiger partial charge in [0.15, 0.2) is 0 Å². The molecule has 0 bridgehead atoms. The highest BCUT2D eigenvalue weighted by molar-refractivity contribution is 7.51. The molecule has 44 heavy (non-hydrogen) atoms. The standard InChI is InChI=1S/C38H81N2O3P/c1-7-13-17-21-25-29-37(30-26-22-18-14-8-2)35-42-44(41,39-33-34-40(11-5)12-6)43-36-38(31-27-23-19-15-9-3)32-28-24-20-16-10-4/h37-38H,7-36H2,1-6H3,(H,39,41). The molecule has 0 aliphatic carbocycles. The Morgan fingerprint density at radius 3 is 1.11 bits per heavy atom. The van der Waals surface area contributed by atoms with Gasteiger partial charge in [-0.15, -0.1) is 0 Å². The summed E-state index contributed by atoms with van der Waals surface area (Å²) in [6.07, 6.45) is 30.7. The van der Waals surface area contributed by atoms with Crippen LogP contribution >= 0.6 is 7.75 Å². The van der Waals surface area contributed by atoms with Crippen molar-refractivity contribution in [2.24, 2.45) is 11.8 Å². The molecule has 0 spiro atoms. The van der Waals surface area contributed by atoms with Crippen LogP contribution in [0.5, 0.6) is 0 Å². The van der Waals surface area contributed by atoms with E-state index in [1.807, 2.05) is 0 Å². The highest BCUT2D eigenvalue weighted by atomic mass is 31.2. The van der Waals surface area contributed by atoms with Gasteiger partial charge in [0.2, 0.25) is 0 Å². The highest BCUT2D eigenvalue weighted by Gasteiger charge is 2.28. The Morgan fingerprint density at radius 2 is 0.818 bits per heavy atom. The minimum absolute atomic E-state index is 0.465. The zero-order valence-corrected chi connectivity index (χ0v) is 31.9. The van der Waals surface area contributed by atoms with Gasteiger partial charge in [0.05, 0.1) is 13.2 Å². The van der Waals surface area contributed by atoms with E-state index in [-0.39, 0.29) is 0 Å². The van der Waals surface area contributed by atoms with E-state index in [0.29, 0.717) is 31.6 Å². The van der Waals surface area contributed by atoms with Crippen molar-refractivity contribution >= 4 is 7.75 Å². The second-order valence-corrected chi connectivity index (χ2v) is 15.4. The van der Waals surface area contributed by atoms with Gasteiger partial charge in [0, 0.05) is 13.1 Å². The first-order valence-electron chi connectivity index (χ1n) is 19.8. The van der Waals surface area contributed by atoms with Gasteiger partial charge in [-0.1, -0.05) is 170 Å². The summed E-state index contributed by atoms with van der Waals surface area (Å²) in [5, 5.41) is 3.31. The van der Waals surface area contributed by atoms with Crippen molar-refractivity contribution in [3.8, 4) is 0 Å². The third-order valence-electron chi connectivity index (χ3n) is 9.45. The van der Waals surface area contributed by atoms with E-state index in [2.05, 4.69) is 51.5 Å². The molecule has 0 amide bonds. The SMILES string of the molecule is CCCCCCCC(CCCCCCC)COP(=O)(NCCN(CC)CC)OCC(CCCCCCC)CCCCCCC. The lowest BCUT2D eigenvalue weighted by Crippen LogP contribution is -2.32. The van der Waals surface area contributed by atoms with Crippen LogP contribution in [0.4, 0.5) is 0 Å². The molecular formula is C38H81N2O3P. The molecule has 6 heteroatoms. The van der Waals surface area contributed by atoms with Gasteiger partial charge in [-0.25, -0.2) is 9.65 Å². The van der Waals surface area contributed by atoms with Crippen molar-refractivity contribution in [3.63, 3.8) is 0 Å². The number of nitrogens with one attached hydrogen (secondary N) is 1. The third kappa shape index (κ3) is 27.2. The van der Waals surface area contributed by atoms with Crippen LogP contribution in [0.3, 0.4) is 0 Å². The zero-order valence-electron chi connectivity index (χ0n) is 31.0. The molecule has 0 aliphatic rings. The highest BCUT2D eigenvalue weighted by Crippen LogP contribution is 2.45. The second kappa shape index (κ2) is 33.0. The molecule has 0 unspecified atom stereocenters. The first kappa shape index (κ1) is 44.1. The van der Waals surface area contributed by atoms with Crippen molar-refractivity contribution in [2.75, 3.05) is 39.4 Å². The molecular weight excluding hydrogens is 563 g/mol. The maximum Gasteiger partial charge on any atom is 0.405 e. The van der Waals surface area contributed by atoms with E-state index in [4.69, 9.17) is 9.05 Å². The fraction of sp³-hybridized carbons (Fsp3) is 1.00. The zero-order chi connectivity index (χ0) is 32.6. The van der Waals surface area contributed by atoms with Crippen molar-refractivity contribution < 1.29 is 13.6 Å². The average Bonchev–Trinajstić information content (AvgIpc) is 3.03. The summed E-state index contributed by atoms with van der Waals surface area (Å²) >= 11 is 0. The normalized spacial score (nSPS) is 12.4. The van der Waals surface area contributed by atoms with E-state index in [1.165, 1.54) is 154 Å². The fourth-order valence-electron chi connectivity index (χ4n) is 6.19. The number of unbranched alkanes of at least 4 members (excludes halogenated alkanes) is 16. The smallest absolute Gasteiger partial charge is 0.303 e. The molecule has 0 saturated heterocycles. The third-order valence-corrected chi connectivity index (χ3v) is 11.0. The lowest BCUT2D eigenvalue weighted by molar-refractivity contribution is 0.139. The first-order chi connectivity index (χ1) is 21.5. The van der Waals surface area contributed by atoms with Crippen LogP contribution in [0, 0.1) is 11.8 Å². The Bertz CT molecular complexity index is 549. The lowest BCUT2D eigenvalue weighted by atomic mass is 9.95. The molecule has 0 aromatic rings. The van der Waals surface area contributed by atoms with Gasteiger partial charge in [-0.2, -0.15) is 0 Å². The van der Waals surface area contributed by atoms with Crippen LogP contribution < -0.4 is 5.09 Å². The maximum absolute atomic E-state index is 14.3. The first-order valence-corrected chi connectivity index (χ1v) is 21.4. The molecule has 0 aromatic carbocycles. The molecule has 0 fully saturated rings. The number of hydrogen-bond donors (Lipinski definition) is 1. The van der Waals surface area contributed by atoms with Gasteiger partial charge < -0.3 is 4.90 Å². The number of nitrogens with zero attached hydrogens (tertiary/aromatic N) is 1. The van der Waals surface area contributed by atoms with Crippen LogP contribution in [0.1, 0.15) is 196 Å². The summed E-state index contributed by atoms with van der Waals surface area (Å²) in [6.45, 7) is 18.1. The van der Waals surface area contributed by atoms with E-state index in [1.54, 1.807) is 0 Å². The molecule has 0 aliphatic heterocycles. The molecule has 0 aromatic heterocycles. The molecule has 0 atom stereocenters. The van der Waals surface area contributed by atoms with Gasteiger partial charge in [0.25, 0.3) is 0 Å². The minimum Gasteiger partial charge on any atom is -0.303 e. The number of likely N-dealkylation sites (N-methyl/N-ethyl adjacent to an activating group) is 1. The van der Waals surface area contributed by atoms with Crippen LogP contribution in [0.25, 0.3) is 0 Å². The summed E-state index contributed by atoms with van der Waals surface area (Å²) in [5.41, 5.74) is 0. The van der Waals surface area contributed by atoms with E-state index in [9.17, 15) is 4.57 Å². The Hall–Kier alpha value is 0.0700. The van der Waals surface area contributed by atoms with Gasteiger partial charge in [-0.3, -0.25) is 9.05 Å². The molecule has 0 saturated carbocycles. The second-order valence-electron chi connectivity index (χ2n) is 13.6. The van der Waals surface area contributed by atoms with Crippen LogP contribution in [-0.2, 0) is 13.6 Å². The van der Waals surface area contributed by atoms with Crippen molar-refractivity contribution in [1.29, 1.82) is 0 Å². The average molecular weight is 645 g/mol. The Kier molecular flexibility index (Phi) is 33.0. The van der Waals surface area contributed by atoms with E-state index in [0.717, 1.165) is 19.6 Å². The molecule has 0 radical (unpaired) electrons. The summed E-state index contributed by atoms with van der Waals surface area (Å²) in [4.78, 5) is 2.36. The summed E-state index contributed by atoms with van der Waals surface area (Å²) in [5.74, 6) is 0.931. The molecule has 266 valence electrons. The molecule has 1 N–H and O–H groups in total. The molecule has 0 rings (SSSR count). The Balaban J connectivity index is 5.35. The predicted octanol–water partition coefficient (Wildman–Crippen LogP) is 12.7. The van der Waals surface area contributed by atoms with Crippen LogP contribution in [-0.4, -0.2) is 44.3 Å². The van der Waals surface area contributed by atoms with E-state index < -0.39 is 7.75 Å². The lowest BCUT2D eigenvalue weighted by Gasteiger charge is -2.26. The topological polar surface area (TPSA) is 50.8 Å². The fourth-order valence-corrected chi connectivity index (χ4v) is 7.63. The largest absolute Gasteiger partial charge is 0.405 e. The number of hydrogen-bond acceptors (Lipinski definition) is 4. The van der Waals surface area contributed by atoms with Crippen molar-refractivity contribution in [3.05, 3.63) is 0 Å². The summed E-state index contributed by atoms with van der Waals surface area (Å²) in [6, 6.07) is 0.